The van der Waals surface area contributed by atoms with Crippen LogP contribution in [0.5, 0.6) is 0 Å². The van der Waals surface area contributed by atoms with Gasteiger partial charge in [0.25, 0.3) is 11.6 Å². The number of hydrogen-bond donors (Lipinski definition) is 0. The van der Waals surface area contributed by atoms with Gasteiger partial charge in [0.15, 0.2) is 0 Å². The van der Waals surface area contributed by atoms with Gasteiger partial charge in [-0.2, -0.15) is 4.31 Å². The van der Waals surface area contributed by atoms with E-state index in [-0.39, 0.29) is 41.9 Å². The predicted molar refractivity (Wildman–Crippen MR) is 116 cm³/mol. The summed E-state index contributed by atoms with van der Waals surface area (Å²) in [5, 5.41) is 10.8. The van der Waals surface area contributed by atoms with E-state index in [1.165, 1.54) is 21.3 Å². The van der Waals surface area contributed by atoms with Crippen molar-refractivity contribution in [2.45, 2.75) is 24.3 Å². The fourth-order valence-electron chi connectivity index (χ4n) is 4.01. The molecule has 11 heteroatoms. The molecule has 0 N–H and O–H groups in total. The van der Waals surface area contributed by atoms with Gasteiger partial charge in [-0.15, -0.1) is 0 Å². The van der Waals surface area contributed by atoms with Crippen LogP contribution in [0.1, 0.15) is 12.0 Å². The summed E-state index contributed by atoms with van der Waals surface area (Å²) in [6, 6.07) is 11.3. The number of carbonyl (C=O) groups is 2. The summed E-state index contributed by atoms with van der Waals surface area (Å²) in [5.74, 6) is -0.574. The van der Waals surface area contributed by atoms with Gasteiger partial charge in [-0.25, -0.2) is 13.3 Å². The minimum Gasteiger partial charge on any atom is -0.289 e. The Bertz CT molecular complexity index is 1160. The largest absolute Gasteiger partial charge is 0.289 e. The molecule has 4 rings (SSSR count). The summed E-state index contributed by atoms with van der Waals surface area (Å²) in [4.78, 5) is 38.7. The first kappa shape index (κ1) is 22.1. The minimum atomic E-state index is -3.81. The highest BCUT2D eigenvalue weighted by Crippen LogP contribution is 2.28. The van der Waals surface area contributed by atoms with Crippen LogP contribution < -0.4 is 4.90 Å². The van der Waals surface area contributed by atoms with E-state index in [4.69, 9.17) is 0 Å². The van der Waals surface area contributed by atoms with Crippen LogP contribution in [0.15, 0.2) is 53.4 Å². The maximum absolute atomic E-state index is 13.0. The van der Waals surface area contributed by atoms with Crippen molar-refractivity contribution in [1.29, 1.82) is 0 Å². The maximum Gasteiger partial charge on any atom is 0.269 e. The molecule has 2 aliphatic rings. The molecule has 0 radical (unpaired) electrons. The van der Waals surface area contributed by atoms with Gasteiger partial charge in [-0.3, -0.25) is 24.6 Å². The lowest BCUT2D eigenvalue weighted by molar-refractivity contribution is -0.384. The van der Waals surface area contributed by atoms with E-state index in [2.05, 4.69) is 0 Å². The minimum absolute atomic E-state index is 0.0192. The summed E-state index contributed by atoms with van der Waals surface area (Å²) < 4.78 is 27.1. The number of anilines is 1. The fraction of sp³-hybridized carbons (Fsp3) is 0.333. The molecule has 0 aliphatic carbocycles. The highest BCUT2D eigenvalue weighted by Gasteiger charge is 2.44. The fourth-order valence-corrected chi connectivity index (χ4v) is 5.43. The highest BCUT2D eigenvalue weighted by molar-refractivity contribution is 7.89. The lowest BCUT2D eigenvalue weighted by Crippen LogP contribution is -2.53. The van der Waals surface area contributed by atoms with Crippen molar-refractivity contribution >= 4 is 33.2 Å². The van der Waals surface area contributed by atoms with Gasteiger partial charge < -0.3 is 0 Å². The Balaban J connectivity index is 1.43. The Morgan fingerprint density at radius 3 is 2.09 bits per heavy atom. The van der Waals surface area contributed by atoms with Crippen molar-refractivity contribution in [1.82, 2.24) is 9.21 Å². The molecule has 168 valence electrons. The van der Waals surface area contributed by atoms with Crippen LogP contribution in [0.3, 0.4) is 0 Å². The molecule has 1 unspecified atom stereocenters. The molecule has 2 saturated heterocycles. The number of carbonyl (C=O) groups excluding carboxylic acids is 2. The summed E-state index contributed by atoms with van der Waals surface area (Å²) in [5.41, 5.74) is 1.37. The zero-order chi connectivity index (χ0) is 23.0. The first-order chi connectivity index (χ1) is 15.2. The lowest BCUT2D eigenvalue weighted by atomic mass is 10.2. The van der Waals surface area contributed by atoms with Crippen molar-refractivity contribution in [3.8, 4) is 0 Å². The Hall–Kier alpha value is -3.15. The summed E-state index contributed by atoms with van der Waals surface area (Å²) in [7, 11) is -3.81. The van der Waals surface area contributed by atoms with Crippen molar-refractivity contribution in [2.24, 2.45) is 0 Å². The number of nitrogens with zero attached hydrogens (tertiary/aromatic N) is 4. The number of piperazine rings is 1. The van der Waals surface area contributed by atoms with E-state index in [1.807, 2.05) is 24.0 Å². The molecule has 0 aromatic heterocycles. The maximum atomic E-state index is 13.0. The van der Waals surface area contributed by atoms with Crippen LogP contribution in [-0.4, -0.2) is 66.6 Å². The molecule has 2 aromatic rings. The molecule has 2 amide bonds. The molecule has 2 heterocycles. The third-order valence-electron chi connectivity index (χ3n) is 5.81. The van der Waals surface area contributed by atoms with Crippen LogP contribution in [0.25, 0.3) is 0 Å². The highest BCUT2D eigenvalue weighted by atomic mass is 32.2. The van der Waals surface area contributed by atoms with Crippen LogP contribution >= 0.6 is 0 Å². The molecule has 0 saturated carbocycles. The number of imide groups is 1. The molecule has 1 atom stereocenters. The number of rotatable bonds is 5. The van der Waals surface area contributed by atoms with Gasteiger partial charge in [0.1, 0.15) is 0 Å². The second kappa shape index (κ2) is 8.41. The van der Waals surface area contributed by atoms with E-state index < -0.39 is 21.0 Å². The SMILES string of the molecule is Cc1ccc(N2C(=O)CC(N3CCN(S(=O)(=O)c4ccc([N+](=O)[O-])cc4)CC3)C2=O)cc1. The monoisotopic (exact) mass is 458 g/mol. The average molecular weight is 458 g/mol. The van der Waals surface area contributed by atoms with Crippen LogP contribution in [0.4, 0.5) is 11.4 Å². The lowest BCUT2D eigenvalue weighted by Gasteiger charge is -2.36. The normalized spacial score (nSPS) is 20.7. The molecule has 2 aliphatic heterocycles. The van der Waals surface area contributed by atoms with E-state index >= 15 is 0 Å². The van der Waals surface area contributed by atoms with Gasteiger partial charge in [-0.05, 0) is 31.2 Å². The average Bonchev–Trinajstić information content (AvgIpc) is 3.08. The van der Waals surface area contributed by atoms with Crippen molar-refractivity contribution < 1.29 is 22.9 Å². The molecular weight excluding hydrogens is 436 g/mol. The molecule has 0 bridgehead atoms. The van der Waals surface area contributed by atoms with Gasteiger partial charge in [0.2, 0.25) is 15.9 Å². The number of aryl methyl sites for hydroxylation is 1. The second-order valence-electron chi connectivity index (χ2n) is 7.81. The van der Waals surface area contributed by atoms with Crippen molar-refractivity contribution in [3.05, 3.63) is 64.2 Å². The van der Waals surface area contributed by atoms with E-state index in [0.29, 0.717) is 18.8 Å². The van der Waals surface area contributed by atoms with Crippen LogP contribution in [0.2, 0.25) is 0 Å². The van der Waals surface area contributed by atoms with Crippen molar-refractivity contribution in [2.75, 3.05) is 31.1 Å². The number of nitro groups is 1. The Morgan fingerprint density at radius 2 is 1.53 bits per heavy atom. The zero-order valence-electron chi connectivity index (χ0n) is 17.4. The second-order valence-corrected chi connectivity index (χ2v) is 9.75. The van der Waals surface area contributed by atoms with Crippen molar-refractivity contribution in [3.63, 3.8) is 0 Å². The third-order valence-corrected chi connectivity index (χ3v) is 7.73. The zero-order valence-corrected chi connectivity index (χ0v) is 18.2. The smallest absolute Gasteiger partial charge is 0.269 e. The Labute approximate surface area is 185 Å². The van der Waals surface area contributed by atoms with Gasteiger partial charge in [0.05, 0.1) is 28.0 Å². The third kappa shape index (κ3) is 4.01. The summed E-state index contributed by atoms with van der Waals surface area (Å²) >= 11 is 0. The van der Waals surface area contributed by atoms with Gasteiger partial charge in [-0.1, -0.05) is 17.7 Å². The number of benzene rings is 2. The van der Waals surface area contributed by atoms with Gasteiger partial charge >= 0.3 is 0 Å². The number of nitro benzene ring substituents is 1. The summed E-state index contributed by atoms with van der Waals surface area (Å²) in [6.07, 6.45) is 0.0574. The number of non-ortho nitro benzene ring substituents is 1. The van der Waals surface area contributed by atoms with E-state index in [9.17, 15) is 28.1 Å². The number of hydrogen-bond acceptors (Lipinski definition) is 7. The first-order valence-electron chi connectivity index (χ1n) is 10.1. The molecule has 2 aromatic carbocycles. The molecular formula is C21H22N4O6S. The predicted octanol–water partition coefficient (Wildman–Crippen LogP) is 1.54. The Kier molecular flexibility index (Phi) is 5.80. The topological polar surface area (TPSA) is 121 Å². The van der Waals surface area contributed by atoms with E-state index in [0.717, 1.165) is 17.7 Å². The first-order valence-corrected chi connectivity index (χ1v) is 11.5. The summed E-state index contributed by atoms with van der Waals surface area (Å²) in [6.45, 7) is 2.84. The van der Waals surface area contributed by atoms with E-state index in [1.54, 1.807) is 12.1 Å². The van der Waals surface area contributed by atoms with Crippen LogP contribution in [-0.2, 0) is 19.6 Å². The number of sulfonamides is 1. The van der Waals surface area contributed by atoms with Crippen LogP contribution in [0, 0.1) is 17.0 Å². The quantitative estimate of drug-likeness (QED) is 0.378. The molecule has 10 nitrogen and oxygen atoms in total. The Morgan fingerprint density at radius 1 is 0.938 bits per heavy atom. The number of amides is 2. The standard InChI is InChI=1S/C21H22N4O6S/c1-15-2-4-16(5-3-15)24-20(26)14-19(21(24)27)22-10-12-23(13-11-22)32(30,31)18-8-6-17(7-9-18)25(28)29/h2-9,19H,10-14H2,1H3. The van der Waals surface area contributed by atoms with Gasteiger partial charge in [0, 0.05) is 38.3 Å². The molecule has 0 spiro atoms. The molecule has 2 fully saturated rings. The molecule has 32 heavy (non-hydrogen) atoms.